The molecule has 0 spiro atoms. The molecule has 0 aliphatic carbocycles. The van der Waals surface area contributed by atoms with Gasteiger partial charge in [-0.15, -0.1) is 0 Å². The van der Waals surface area contributed by atoms with Gasteiger partial charge in [0.05, 0.1) is 17.2 Å². The first kappa shape index (κ1) is 21.4. The van der Waals surface area contributed by atoms with Crippen LogP contribution in [0.4, 0.5) is 18.9 Å². The molecule has 0 fully saturated rings. The first-order valence-electron chi connectivity index (χ1n) is 9.03. The van der Waals surface area contributed by atoms with Crippen LogP contribution in [-0.4, -0.2) is 23.8 Å². The lowest BCUT2D eigenvalue weighted by atomic mass is 10.1. The van der Waals surface area contributed by atoms with Crippen molar-refractivity contribution < 1.29 is 32.3 Å². The number of carbonyl (C=O) groups is 2. The average Bonchev–Trinajstić information content (AvgIpc) is 3.34. The molecule has 162 valence electrons. The number of amides is 1. The topological polar surface area (TPSA) is 85.9 Å². The molecule has 6 nitrogen and oxygen atoms in total. The molecule has 0 unspecified atom stereocenters. The van der Waals surface area contributed by atoms with E-state index < -0.39 is 29.3 Å². The summed E-state index contributed by atoms with van der Waals surface area (Å²) < 4.78 is 46.2. The summed E-state index contributed by atoms with van der Waals surface area (Å²) in [6.45, 7) is 0. The van der Waals surface area contributed by atoms with Crippen LogP contribution in [0.2, 0.25) is 5.02 Å². The molecule has 2 heterocycles. The van der Waals surface area contributed by atoms with Gasteiger partial charge in [0.2, 0.25) is 0 Å². The van der Waals surface area contributed by atoms with Gasteiger partial charge in [0, 0.05) is 10.6 Å². The molecule has 10 heteroatoms. The smallest absolute Gasteiger partial charge is 0.435 e. The number of carboxylic acid groups (broad SMARTS) is 1. The third kappa shape index (κ3) is 4.15. The largest absolute Gasteiger partial charge is 0.545 e. The zero-order valence-corrected chi connectivity index (χ0v) is 16.6. The summed E-state index contributed by atoms with van der Waals surface area (Å²) in [4.78, 5) is 23.8. The minimum Gasteiger partial charge on any atom is -0.545 e. The first-order chi connectivity index (χ1) is 15.1. The number of nitrogens with zero attached hydrogens (tertiary/aromatic N) is 2. The molecule has 3 aromatic rings. The zero-order chi connectivity index (χ0) is 23.0. The summed E-state index contributed by atoms with van der Waals surface area (Å²) in [5.41, 5.74) is -1.66. The van der Waals surface area contributed by atoms with Gasteiger partial charge in [-0.2, -0.15) is 23.3 Å². The number of aromatic carboxylic acids is 1. The number of furan rings is 1. The van der Waals surface area contributed by atoms with Crippen LogP contribution in [0.3, 0.4) is 0 Å². The molecular formula is C22H11ClF3N2O4-. The van der Waals surface area contributed by atoms with Crippen molar-refractivity contribution >= 4 is 41.0 Å². The number of carboxylic acids is 1. The van der Waals surface area contributed by atoms with E-state index in [0.29, 0.717) is 15.6 Å². The highest BCUT2D eigenvalue weighted by Gasteiger charge is 2.47. The minimum atomic E-state index is -4.89. The number of rotatable bonds is 4. The molecule has 1 aromatic heterocycles. The minimum absolute atomic E-state index is 0.0443. The lowest BCUT2D eigenvalue weighted by molar-refractivity contribution is -0.255. The first-order valence-corrected chi connectivity index (χ1v) is 9.41. The van der Waals surface area contributed by atoms with Gasteiger partial charge in [0.1, 0.15) is 11.5 Å². The molecule has 0 radical (unpaired) electrons. The maximum Gasteiger partial charge on any atom is 0.435 e. The highest BCUT2D eigenvalue weighted by molar-refractivity contribution is 6.34. The lowest BCUT2D eigenvalue weighted by Gasteiger charge is -2.11. The van der Waals surface area contributed by atoms with Crippen molar-refractivity contribution in [3.63, 3.8) is 0 Å². The Labute approximate surface area is 183 Å². The van der Waals surface area contributed by atoms with Crippen LogP contribution in [0.1, 0.15) is 16.1 Å². The second-order valence-electron chi connectivity index (χ2n) is 6.67. The predicted octanol–water partition coefficient (Wildman–Crippen LogP) is 4.31. The molecule has 2 aromatic carbocycles. The number of alkyl halides is 3. The SMILES string of the molecule is O=C([O-])c1cccc(-c2ccc(/C=C3\C(=O)N(c4ccc(Cl)cc4)N=C3C(F)(F)F)o2)c1. The fourth-order valence-corrected chi connectivity index (χ4v) is 3.16. The van der Waals surface area contributed by atoms with Gasteiger partial charge in [0.15, 0.2) is 5.71 Å². The van der Waals surface area contributed by atoms with Crippen LogP contribution in [0.5, 0.6) is 0 Å². The van der Waals surface area contributed by atoms with Gasteiger partial charge in [-0.3, -0.25) is 4.79 Å². The molecule has 0 bridgehead atoms. The summed E-state index contributed by atoms with van der Waals surface area (Å²) in [6, 6.07) is 14.1. The van der Waals surface area contributed by atoms with E-state index in [4.69, 9.17) is 16.0 Å². The number of hydrogen-bond donors (Lipinski definition) is 0. The Morgan fingerprint density at radius 1 is 1.09 bits per heavy atom. The van der Waals surface area contributed by atoms with E-state index in [1.807, 2.05) is 0 Å². The highest BCUT2D eigenvalue weighted by atomic mass is 35.5. The number of hydrazone groups is 1. The number of benzene rings is 2. The molecular weight excluding hydrogens is 449 g/mol. The van der Waals surface area contributed by atoms with Crippen LogP contribution < -0.4 is 10.1 Å². The number of hydrogen-bond acceptors (Lipinski definition) is 5. The van der Waals surface area contributed by atoms with Crippen LogP contribution >= 0.6 is 11.6 Å². The Balaban J connectivity index is 1.71. The second-order valence-corrected chi connectivity index (χ2v) is 7.10. The number of halogens is 4. The van der Waals surface area contributed by atoms with Crippen molar-refractivity contribution in [3.8, 4) is 11.3 Å². The average molecular weight is 460 g/mol. The summed E-state index contributed by atoms with van der Waals surface area (Å²) in [5, 5.41) is 15.5. The van der Waals surface area contributed by atoms with E-state index in [0.717, 1.165) is 6.08 Å². The van der Waals surface area contributed by atoms with Gasteiger partial charge < -0.3 is 14.3 Å². The second kappa shape index (κ2) is 8.01. The van der Waals surface area contributed by atoms with Gasteiger partial charge in [-0.25, -0.2) is 0 Å². The maximum absolute atomic E-state index is 13.6. The van der Waals surface area contributed by atoms with E-state index in [9.17, 15) is 27.9 Å². The quantitative estimate of drug-likeness (QED) is 0.544. The molecule has 1 aliphatic rings. The Bertz CT molecular complexity index is 1280. The van der Waals surface area contributed by atoms with Crippen molar-refractivity contribution in [1.82, 2.24) is 0 Å². The molecule has 1 aliphatic heterocycles. The summed E-state index contributed by atoms with van der Waals surface area (Å²) in [6.07, 6.45) is -3.95. The van der Waals surface area contributed by atoms with Crippen molar-refractivity contribution in [1.29, 1.82) is 0 Å². The Hall–Kier alpha value is -3.85. The number of carbonyl (C=O) groups excluding carboxylic acids is 2. The summed E-state index contributed by atoms with van der Waals surface area (Å²) >= 11 is 5.79. The van der Waals surface area contributed by atoms with E-state index in [2.05, 4.69) is 5.10 Å². The molecule has 0 saturated carbocycles. The van der Waals surface area contributed by atoms with Crippen LogP contribution in [0, 0.1) is 0 Å². The Morgan fingerprint density at radius 2 is 1.81 bits per heavy atom. The third-order valence-electron chi connectivity index (χ3n) is 4.51. The highest BCUT2D eigenvalue weighted by Crippen LogP contribution is 2.34. The van der Waals surface area contributed by atoms with E-state index in [-0.39, 0.29) is 22.8 Å². The molecule has 1 amide bonds. The van der Waals surface area contributed by atoms with E-state index in [1.165, 1.54) is 54.6 Å². The van der Waals surface area contributed by atoms with Gasteiger partial charge in [0.25, 0.3) is 5.91 Å². The summed E-state index contributed by atoms with van der Waals surface area (Å²) in [7, 11) is 0. The predicted molar refractivity (Wildman–Crippen MR) is 109 cm³/mol. The van der Waals surface area contributed by atoms with Crippen LogP contribution in [0.15, 0.2) is 75.8 Å². The lowest BCUT2D eigenvalue weighted by Crippen LogP contribution is -2.25. The third-order valence-corrected chi connectivity index (χ3v) is 4.77. The normalized spacial score (nSPS) is 15.4. The van der Waals surface area contributed by atoms with Crippen molar-refractivity contribution in [2.45, 2.75) is 6.18 Å². The fraction of sp³-hybridized carbons (Fsp3) is 0.0455. The monoisotopic (exact) mass is 459 g/mol. The molecule has 4 rings (SSSR count). The van der Waals surface area contributed by atoms with Gasteiger partial charge >= 0.3 is 6.18 Å². The zero-order valence-electron chi connectivity index (χ0n) is 15.9. The van der Waals surface area contributed by atoms with Crippen LogP contribution in [0.25, 0.3) is 17.4 Å². The van der Waals surface area contributed by atoms with E-state index in [1.54, 1.807) is 6.07 Å². The van der Waals surface area contributed by atoms with Crippen molar-refractivity contribution in [2.24, 2.45) is 5.10 Å². The molecule has 0 saturated heterocycles. The van der Waals surface area contributed by atoms with Gasteiger partial charge in [-0.1, -0.05) is 29.8 Å². The van der Waals surface area contributed by atoms with Gasteiger partial charge in [-0.05, 0) is 54.1 Å². The fourth-order valence-electron chi connectivity index (χ4n) is 3.04. The van der Waals surface area contributed by atoms with Crippen molar-refractivity contribution in [2.75, 3.05) is 5.01 Å². The Kier molecular flexibility index (Phi) is 5.35. The maximum atomic E-state index is 13.6. The van der Waals surface area contributed by atoms with E-state index >= 15 is 0 Å². The molecule has 32 heavy (non-hydrogen) atoms. The standard InChI is InChI=1S/C22H12ClF3N2O4/c23-14-4-6-15(7-5-14)28-20(29)17(19(27-28)22(24,25)26)11-16-8-9-18(32-16)12-2-1-3-13(10-12)21(30)31/h1-11H,(H,30,31)/p-1/b17-11-. The molecule has 0 N–H and O–H groups in total. The van der Waals surface area contributed by atoms with Crippen molar-refractivity contribution in [3.05, 3.63) is 82.6 Å². The van der Waals surface area contributed by atoms with Crippen LogP contribution in [-0.2, 0) is 4.79 Å². The molecule has 0 atom stereocenters. The summed E-state index contributed by atoms with van der Waals surface area (Å²) in [5.74, 6) is -2.22. The number of anilines is 1. The Morgan fingerprint density at radius 3 is 2.47 bits per heavy atom.